The molecule has 2 aromatic carbocycles. The van der Waals surface area contributed by atoms with E-state index in [4.69, 9.17) is 16.3 Å². The number of phenolic OH excluding ortho intramolecular Hbond substituents is 1. The number of hydrogen-bond acceptors (Lipinski definition) is 7. The Bertz CT molecular complexity index is 1110. The highest BCUT2D eigenvalue weighted by molar-refractivity contribution is 6.46. The number of amides is 1. The zero-order valence-electron chi connectivity index (χ0n) is 16.7. The SMILES string of the molecule is CCCN1C(=O)C(=O)/C(=C(\O)c2ccc(Cl)c(OC)c2)C1c1ccc(O)c([N+](=O)[O-])c1. The maximum absolute atomic E-state index is 12.8. The van der Waals surface area contributed by atoms with Crippen molar-refractivity contribution in [3.8, 4) is 11.5 Å². The normalized spacial score (nSPS) is 17.8. The lowest BCUT2D eigenvalue weighted by atomic mass is 9.94. The number of aromatic hydroxyl groups is 1. The summed E-state index contributed by atoms with van der Waals surface area (Å²) in [4.78, 5) is 37.3. The van der Waals surface area contributed by atoms with Crippen molar-refractivity contribution in [2.45, 2.75) is 19.4 Å². The lowest BCUT2D eigenvalue weighted by molar-refractivity contribution is -0.385. The number of aliphatic hydroxyl groups excluding tert-OH is 1. The van der Waals surface area contributed by atoms with Gasteiger partial charge in [0.05, 0.1) is 28.7 Å². The van der Waals surface area contributed by atoms with Crippen LogP contribution in [-0.4, -0.2) is 45.4 Å². The minimum absolute atomic E-state index is 0.185. The fourth-order valence-electron chi connectivity index (χ4n) is 3.52. The lowest BCUT2D eigenvalue weighted by Gasteiger charge is -2.24. The topological polar surface area (TPSA) is 130 Å². The summed E-state index contributed by atoms with van der Waals surface area (Å²) in [6.45, 7) is 1.99. The molecule has 1 aliphatic rings. The molecule has 0 radical (unpaired) electrons. The van der Waals surface area contributed by atoms with E-state index in [1.165, 1.54) is 36.3 Å². The molecule has 1 aliphatic heterocycles. The fourth-order valence-corrected chi connectivity index (χ4v) is 3.71. The van der Waals surface area contributed by atoms with Gasteiger partial charge in [0, 0.05) is 18.2 Å². The minimum atomic E-state index is -1.07. The number of halogens is 1. The number of carbonyl (C=O) groups excluding carboxylic acids is 2. The van der Waals surface area contributed by atoms with E-state index in [-0.39, 0.29) is 34.0 Å². The monoisotopic (exact) mass is 446 g/mol. The molecule has 0 bridgehead atoms. The van der Waals surface area contributed by atoms with Crippen molar-refractivity contribution < 1.29 is 29.5 Å². The molecular formula is C21H19ClN2O7. The van der Waals surface area contributed by atoms with E-state index in [0.29, 0.717) is 6.42 Å². The van der Waals surface area contributed by atoms with Crippen molar-refractivity contribution in [1.29, 1.82) is 0 Å². The van der Waals surface area contributed by atoms with Gasteiger partial charge in [-0.1, -0.05) is 24.6 Å². The smallest absolute Gasteiger partial charge is 0.311 e. The van der Waals surface area contributed by atoms with E-state index in [2.05, 4.69) is 0 Å². The molecule has 1 fully saturated rings. The van der Waals surface area contributed by atoms with Crippen LogP contribution in [0, 0.1) is 10.1 Å². The molecule has 1 unspecified atom stereocenters. The predicted octanol–water partition coefficient (Wildman–Crippen LogP) is 3.79. The van der Waals surface area contributed by atoms with Crippen LogP contribution in [0.3, 0.4) is 0 Å². The van der Waals surface area contributed by atoms with Crippen molar-refractivity contribution >= 4 is 34.7 Å². The third-order valence-corrected chi connectivity index (χ3v) is 5.25. The molecule has 31 heavy (non-hydrogen) atoms. The van der Waals surface area contributed by atoms with Gasteiger partial charge in [-0.15, -0.1) is 0 Å². The average Bonchev–Trinajstić information content (AvgIpc) is 2.99. The Morgan fingerprint density at radius 2 is 1.97 bits per heavy atom. The molecule has 0 spiro atoms. The van der Waals surface area contributed by atoms with Gasteiger partial charge < -0.3 is 19.8 Å². The second-order valence-corrected chi connectivity index (χ2v) is 7.25. The number of nitro benzene ring substituents is 1. The number of ketones is 1. The first-order valence-electron chi connectivity index (χ1n) is 9.30. The molecule has 1 amide bonds. The fraction of sp³-hybridized carbons (Fsp3) is 0.238. The largest absolute Gasteiger partial charge is 0.507 e. The zero-order chi connectivity index (χ0) is 22.9. The van der Waals surface area contributed by atoms with Crippen LogP contribution in [0.25, 0.3) is 5.76 Å². The molecule has 1 heterocycles. The Morgan fingerprint density at radius 1 is 1.26 bits per heavy atom. The van der Waals surface area contributed by atoms with Crippen LogP contribution in [0.1, 0.15) is 30.5 Å². The highest BCUT2D eigenvalue weighted by atomic mass is 35.5. The van der Waals surface area contributed by atoms with E-state index < -0.39 is 39.9 Å². The Balaban J connectivity index is 2.25. The van der Waals surface area contributed by atoms with Gasteiger partial charge in [-0.3, -0.25) is 19.7 Å². The van der Waals surface area contributed by atoms with Crippen molar-refractivity contribution in [1.82, 2.24) is 4.90 Å². The summed E-state index contributed by atoms with van der Waals surface area (Å²) < 4.78 is 5.14. The number of carbonyl (C=O) groups is 2. The first-order valence-corrected chi connectivity index (χ1v) is 9.68. The second-order valence-electron chi connectivity index (χ2n) is 6.85. The van der Waals surface area contributed by atoms with Gasteiger partial charge in [-0.2, -0.15) is 0 Å². The van der Waals surface area contributed by atoms with E-state index in [9.17, 15) is 29.9 Å². The number of aliphatic hydroxyl groups is 1. The number of likely N-dealkylation sites (tertiary alicyclic amines) is 1. The van der Waals surface area contributed by atoms with Gasteiger partial charge in [0.2, 0.25) is 0 Å². The van der Waals surface area contributed by atoms with E-state index >= 15 is 0 Å². The third kappa shape index (κ3) is 3.91. The van der Waals surface area contributed by atoms with E-state index in [1.54, 1.807) is 6.92 Å². The van der Waals surface area contributed by atoms with Crippen molar-refractivity contribution in [2.75, 3.05) is 13.7 Å². The minimum Gasteiger partial charge on any atom is -0.507 e. The summed E-state index contributed by atoms with van der Waals surface area (Å²) in [6, 6.07) is 6.86. The van der Waals surface area contributed by atoms with Gasteiger partial charge in [-0.25, -0.2) is 0 Å². The average molecular weight is 447 g/mol. The molecule has 3 rings (SSSR count). The number of nitro groups is 1. The number of nitrogens with zero attached hydrogens (tertiary/aromatic N) is 2. The summed E-state index contributed by atoms with van der Waals surface area (Å²) in [5.74, 6) is -2.51. The van der Waals surface area contributed by atoms with Crippen LogP contribution in [0.15, 0.2) is 42.0 Å². The number of Topliss-reactive ketones (excluding diaryl/α,β-unsaturated/α-hetero) is 1. The molecule has 0 aliphatic carbocycles. The quantitative estimate of drug-likeness (QED) is 0.227. The number of ether oxygens (including phenoxy) is 1. The molecule has 2 N–H and O–H groups in total. The van der Waals surface area contributed by atoms with Crippen LogP contribution in [-0.2, 0) is 9.59 Å². The summed E-state index contributed by atoms with van der Waals surface area (Å²) in [7, 11) is 1.39. The van der Waals surface area contributed by atoms with Gasteiger partial charge in [0.1, 0.15) is 11.5 Å². The Hall–Kier alpha value is -3.59. The molecule has 0 aromatic heterocycles. The Labute approximate surface area is 182 Å². The molecule has 9 nitrogen and oxygen atoms in total. The summed E-state index contributed by atoms with van der Waals surface area (Å²) in [5, 5.41) is 32.3. The molecule has 10 heteroatoms. The lowest BCUT2D eigenvalue weighted by Crippen LogP contribution is -2.30. The standard InChI is InChI=1S/C21H19ClN2O7/c1-3-8-23-18(11-5-7-15(25)14(9-11)24(29)30)17(20(27)21(23)28)19(26)12-4-6-13(22)16(10-12)31-2/h4-7,9-10,18,25-26H,3,8H2,1-2H3/b19-17-. The van der Waals surface area contributed by atoms with Crippen molar-refractivity contribution in [2.24, 2.45) is 0 Å². The van der Waals surface area contributed by atoms with E-state index in [1.807, 2.05) is 0 Å². The maximum atomic E-state index is 12.8. The number of methoxy groups -OCH3 is 1. The van der Waals surface area contributed by atoms with Crippen LogP contribution in [0.5, 0.6) is 11.5 Å². The van der Waals surface area contributed by atoms with Gasteiger partial charge in [0.25, 0.3) is 11.7 Å². The summed E-state index contributed by atoms with van der Waals surface area (Å²) in [6.07, 6.45) is 0.512. The number of benzene rings is 2. The van der Waals surface area contributed by atoms with Crippen LogP contribution < -0.4 is 4.74 Å². The molecular weight excluding hydrogens is 428 g/mol. The molecule has 0 saturated carbocycles. The zero-order valence-corrected chi connectivity index (χ0v) is 17.4. The number of phenols is 1. The summed E-state index contributed by atoms with van der Waals surface area (Å²) >= 11 is 6.02. The second kappa shape index (κ2) is 8.65. The maximum Gasteiger partial charge on any atom is 0.311 e. The Kier molecular flexibility index (Phi) is 6.16. The molecule has 2 aromatic rings. The first kappa shape index (κ1) is 22.1. The molecule has 1 atom stereocenters. The number of rotatable bonds is 6. The van der Waals surface area contributed by atoms with Crippen LogP contribution in [0.4, 0.5) is 5.69 Å². The summed E-state index contributed by atoms with van der Waals surface area (Å²) in [5.41, 5.74) is -0.399. The van der Waals surface area contributed by atoms with Gasteiger partial charge in [0.15, 0.2) is 5.75 Å². The Morgan fingerprint density at radius 3 is 2.58 bits per heavy atom. The third-order valence-electron chi connectivity index (χ3n) is 4.94. The molecule has 1 saturated heterocycles. The highest BCUT2D eigenvalue weighted by Crippen LogP contribution is 2.42. The van der Waals surface area contributed by atoms with Gasteiger partial charge >= 0.3 is 5.69 Å². The number of hydrogen-bond donors (Lipinski definition) is 2. The highest BCUT2D eigenvalue weighted by Gasteiger charge is 2.46. The van der Waals surface area contributed by atoms with Crippen LogP contribution >= 0.6 is 11.6 Å². The van der Waals surface area contributed by atoms with Crippen LogP contribution in [0.2, 0.25) is 5.02 Å². The van der Waals surface area contributed by atoms with Crippen molar-refractivity contribution in [3.05, 3.63) is 68.2 Å². The first-order chi connectivity index (χ1) is 14.7. The van der Waals surface area contributed by atoms with E-state index in [0.717, 1.165) is 12.1 Å². The predicted molar refractivity (Wildman–Crippen MR) is 112 cm³/mol. The molecule has 162 valence electrons. The van der Waals surface area contributed by atoms with Gasteiger partial charge in [-0.05, 0) is 36.2 Å². The van der Waals surface area contributed by atoms with Crippen molar-refractivity contribution in [3.63, 3.8) is 0 Å².